The fourth-order valence-electron chi connectivity index (χ4n) is 3.97. The van der Waals surface area contributed by atoms with Gasteiger partial charge in [0.2, 0.25) is 0 Å². The van der Waals surface area contributed by atoms with Crippen LogP contribution in [0, 0.1) is 6.92 Å². The van der Waals surface area contributed by atoms with Crippen LogP contribution in [0.1, 0.15) is 52.5 Å². The molecular weight excluding hydrogens is 408 g/mol. The average molecular weight is 439 g/mol. The molecule has 5 nitrogen and oxygen atoms in total. The number of rotatable bonds is 8. The zero-order chi connectivity index (χ0) is 23.2. The maximum absolute atomic E-state index is 12.8. The van der Waals surface area contributed by atoms with E-state index in [1.807, 2.05) is 66.7 Å². The summed E-state index contributed by atoms with van der Waals surface area (Å²) >= 11 is 0. The van der Waals surface area contributed by atoms with Crippen molar-refractivity contribution in [1.29, 1.82) is 0 Å². The third kappa shape index (κ3) is 5.89. The number of anilines is 3. The van der Waals surface area contributed by atoms with Crippen molar-refractivity contribution >= 4 is 23.1 Å². The normalized spacial score (nSPS) is 10.9. The predicted octanol–water partition coefficient (Wildman–Crippen LogP) is 6.62. The van der Waals surface area contributed by atoms with E-state index in [9.17, 15) is 4.79 Å². The van der Waals surface area contributed by atoms with Gasteiger partial charge in [0.25, 0.3) is 5.91 Å². The Labute approximate surface area is 195 Å². The van der Waals surface area contributed by atoms with E-state index < -0.39 is 0 Å². The van der Waals surface area contributed by atoms with Crippen LogP contribution in [0.15, 0.2) is 78.9 Å². The summed E-state index contributed by atoms with van der Waals surface area (Å²) in [6.07, 6.45) is 1.63. The van der Waals surface area contributed by atoms with Crippen LogP contribution in [0.25, 0.3) is 0 Å². The molecule has 4 aromatic rings. The summed E-state index contributed by atoms with van der Waals surface area (Å²) in [7, 11) is 0. The number of aromatic amines is 1. The topological polar surface area (TPSA) is 69.8 Å². The molecule has 0 bridgehead atoms. The van der Waals surface area contributed by atoms with E-state index in [4.69, 9.17) is 0 Å². The largest absolute Gasteiger partial charge is 0.339 e. The first-order valence-electron chi connectivity index (χ1n) is 11.3. The number of carbonyl (C=O) groups excluding carboxylic acids is 1. The highest BCUT2D eigenvalue weighted by Gasteiger charge is 2.10. The molecule has 4 rings (SSSR count). The SMILES string of the molecule is Cc1cc(NC(=O)c2cccc(CCc3cc(Nc4ccccc4)n[nH]3)c2)ccc1C(C)C. The second-order valence-corrected chi connectivity index (χ2v) is 8.65. The lowest BCUT2D eigenvalue weighted by Crippen LogP contribution is -2.12. The average Bonchev–Trinajstić information content (AvgIpc) is 3.25. The number of hydrogen-bond donors (Lipinski definition) is 3. The molecule has 5 heteroatoms. The minimum atomic E-state index is -0.0931. The number of carbonyl (C=O) groups is 1. The van der Waals surface area contributed by atoms with E-state index in [0.717, 1.165) is 41.3 Å². The second kappa shape index (κ2) is 10.2. The molecule has 1 aromatic heterocycles. The van der Waals surface area contributed by atoms with Crippen molar-refractivity contribution < 1.29 is 4.79 Å². The molecule has 1 amide bonds. The Kier molecular flexibility index (Phi) is 6.89. The van der Waals surface area contributed by atoms with Gasteiger partial charge in [-0.25, -0.2) is 0 Å². The molecule has 0 aliphatic rings. The van der Waals surface area contributed by atoms with Gasteiger partial charge in [0.15, 0.2) is 5.82 Å². The van der Waals surface area contributed by atoms with Crippen molar-refractivity contribution in [3.8, 4) is 0 Å². The summed E-state index contributed by atoms with van der Waals surface area (Å²) in [6, 6.07) is 25.9. The molecule has 0 spiro atoms. The number of nitrogens with zero attached hydrogens (tertiary/aromatic N) is 1. The van der Waals surface area contributed by atoms with Crippen molar-refractivity contribution in [2.75, 3.05) is 10.6 Å². The van der Waals surface area contributed by atoms with Gasteiger partial charge in [0.05, 0.1) is 0 Å². The highest BCUT2D eigenvalue weighted by atomic mass is 16.1. The number of nitrogens with one attached hydrogen (secondary N) is 3. The van der Waals surface area contributed by atoms with Crippen LogP contribution in [0.5, 0.6) is 0 Å². The molecule has 0 fully saturated rings. The number of para-hydroxylation sites is 1. The van der Waals surface area contributed by atoms with Crippen molar-refractivity contribution in [3.63, 3.8) is 0 Å². The Balaban J connectivity index is 1.36. The molecule has 0 radical (unpaired) electrons. The number of hydrogen-bond acceptors (Lipinski definition) is 3. The van der Waals surface area contributed by atoms with Gasteiger partial charge < -0.3 is 10.6 Å². The Morgan fingerprint density at radius 3 is 2.48 bits per heavy atom. The van der Waals surface area contributed by atoms with Gasteiger partial charge in [-0.2, -0.15) is 5.10 Å². The van der Waals surface area contributed by atoms with E-state index in [0.29, 0.717) is 11.5 Å². The fourth-order valence-corrected chi connectivity index (χ4v) is 3.97. The standard InChI is InChI=1S/C28H30N4O/c1-19(2)26-15-14-24(16-20(26)3)30-28(33)22-9-7-8-21(17-22)12-13-25-18-27(32-31-25)29-23-10-5-4-6-11-23/h4-11,14-19H,12-13H2,1-3H3,(H,30,33)(H2,29,31,32). The quantitative estimate of drug-likeness (QED) is 0.289. The van der Waals surface area contributed by atoms with Crippen LogP contribution in [-0.4, -0.2) is 16.1 Å². The van der Waals surface area contributed by atoms with Crippen LogP contribution < -0.4 is 10.6 Å². The van der Waals surface area contributed by atoms with Gasteiger partial charge in [-0.3, -0.25) is 9.89 Å². The first kappa shape index (κ1) is 22.3. The van der Waals surface area contributed by atoms with Crippen molar-refractivity contribution in [2.45, 2.75) is 39.5 Å². The molecule has 0 unspecified atom stereocenters. The number of aryl methyl sites for hydroxylation is 3. The van der Waals surface area contributed by atoms with Crippen LogP contribution in [0.4, 0.5) is 17.2 Å². The molecule has 0 aliphatic carbocycles. The molecule has 0 aliphatic heterocycles. The van der Waals surface area contributed by atoms with E-state index in [2.05, 4.69) is 53.7 Å². The zero-order valence-corrected chi connectivity index (χ0v) is 19.4. The zero-order valence-electron chi connectivity index (χ0n) is 19.4. The Morgan fingerprint density at radius 1 is 0.909 bits per heavy atom. The van der Waals surface area contributed by atoms with Crippen LogP contribution in [0.3, 0.4) is 0 Å². The molecule has 3 aromatic carbocycles. The van der Waals surface area contributed by atoms with E-state index >= 15 is 0 Å². The van der Waals surface area contributed by atoms with Gasteiger partial charge in [0.1, 0.15) is 0 Å². The van der Waals surface area contributed by atoms with Gasteiger partial charge in [-0.05, 0) is 78.8 Å². The summed E-state index contributed by atoms with van der Waals surface area (Å²) in [5.41, 5.74) is 7.14. The Bertz CT molecular complexity index is 1230. The lowest BCUT2D eigenvalue weighted by Gasteiger charge is -2.12. The minimum Gasteiger partial charge on any atom is -0.339 e. The van der Waals surface area contributed by atoms with E-state index in [1.54, 1.807) is 0 Å². The van der Waals surface area contributed by atoms with Crippen molar-refractivity contribution in [2.24, 2.45) is 0 Å². The Morgan fingerprint density at radius 2 is 1.73 bits per heavy atom. The van der Waals surface area contributed by atoms with Gasteiger partial charge in [0, 0.05) is 28.7 Å². The molecule has 3 N–H and O–H groups in total. The van der Waals surface area contributed by atoms with E-state index in [1.165, 1.54) is 11.1 Å². The number of amides is 1. The van der Waals surface area contributed by atoms with Gasteiger partial charge >= 0.3 is 0 Å². The van der Waals surface area contributed by atoms with Crippen LogP contribution in [-0.2, 0) is 12.8 Å². The maximum atomic E-state index is 12.8. The molecule has 0 atom stereocenters. The van der Waals surface area contributed by atoms with Gasteiger partial charge in [-0.15, -0.1) is 0 Å². The fraction of sp³-hybridized carbons (Fsp3) is 0.214. The lowest BCUT2D eigenvalue weighted by atomic mass is 9.97. The first-order valence-corrected chi connectivity index (χ1v) is 11.3. The molecule has 168 valence electrons. The smallest absolute Gasteiger partial charge is 0.255 e. The second-order valence-electron chi connectivity index (χ2n) is 8.65. The summed E-state index contributed by atoms with van der Waals surface area (Å²) in [6.45, 7) is 6.44. The molecule has 33 heavy (non-hydrogen) atoms. The van der Waals surface area contributed by atoms with Crippen LogP contribution >= 0.6 is 0 Å². The lowest BCUT2D eigenvalue weighted by molar-refractivity contribution is 0.102. The number of aromatic nitrogens is 2. The van der Waals surface area contributed by atoms with Crippen molar-refractivity contribution in [1.82, 2.24) is 10.2 Å². The summed E-state index contributed by atoms with van der Waals surface area (Å²) in [5, 5.41) is 13.7. The summed E-state index contributed by atoms with van der Waals surface area (Å²) in [4.78, 5) is 12.8. The summed E-state index contributed by atoms with van der Waals surface area (Å²) in [5.74, 6) is 1.17. The van der Waals surface area contributed by atoms with Crippen molar-refractivity contribution in [3.05, 3.63) is 107 Å². The minimum absolute atomic E-state index is 0.0931. The highest BCUT2D eigenvalue weighted by molar-refractivity contribution is 6.04. The van der Waals surface area contributed by atoms with Gasteiger partial charge in [-0.1, -0.05) is 50.2 Å². The molecule has 0 saturated heterocycles. The number of benzene rings is 3. The maximum Gasteiger partial charge on any atom is 0.255 e. The Hall–Kier alpha value is -3.86. The summed E-state index contributed by atoms with van der Waals surface area (Å²) < 4.78 is 0. The predicted molar refractivity (Wildman–Crippen MR) is 135 cm³/mol. The first-order chi connectivity index (χ1) is 16.0. The third-order valence-electron chi connectivity index (χ3n) is 5.70. The third-order valence-corrected chi connectivity index (χ3v) is 5.70. The highest BCUT2D eigenvalue weighted by Crippen LogP contribution is 2.23. The molecule has 1 heterocycles. The molecule has 0 saturated carbocycles. The molecular formula is C28H30N4O. The van der Waals surface area contributed by atoms with Crippen LogP contribution in [0.2, 0.25) is 0 Å². The van der Waals surface area contributed by atoms with E-state index in [-0.39, 0.29) is 5.91 Å². The number of H-pyrrole nitrogens is 1. The monoisotopic (exact) mass is 438 g/mol.